The van der Waals surface area contributed by atoms with Gasteiger partial charge in [0.15, 0.2) is 0 Å². The topological polar surface area (TPSA) is 24.5 Å². The lowest BCUT2D eigenvalue weighted by atomic mass is 9.95. The zero-order valence-electron chi connectivity index (χ0n) is 13.3. The minimum Gasteiger partial charge on any atom is -0.383 e. The highest BCUT2D eigenvalue weighted by Crippen LogP contribution is 2.37. The molecule has 3 rings (SSSR count). The molecule has 1 heterocycles. The molecule has 24 heavy (non-hydrogen) atoms. The fraction of sp³-hybridized carbons (Fsp3) is 0.333. The molecule has 0 bridgehead atoms. The van der Waals surface area contributed by atoms with Crippen LogP contribution < -0.4 is 10.2 Å². The van der Waals surface area contributed by atoms with Gasteiger partial charge in [0.2, 0.25) is 0 Å². The Bertz CT molecular complexity index is 691. The van der Waals surface area contributed by atoms with Gasteiger partial charge in [0.1, 0.15) is 0 Å². The van der Waals surface area contributed by atoms with Gasteiger partial charge < -0.3 is 15.0 Å². The first-order chi connectivity index (χ1) is 11.6. The van der Waals surface area contributed by atoms with Crippen molar-refractivity contribution in [3.05, 3.63) is 63.1 Å². The average molecular weight is 386 g/mol. The van der Waals surface area contributed by atoms with Crippen LogP contribution in [-0.4, -0.2) is 32.8 Å². The van der Waals surface area contributed by atoms with Crippen molar-refractivity contribution in [2.24, 2.45) is 0 Å². The molecule has 0 aliphatic carbocycles. The summed E-state index contributed by atoms with van der Waals surface area (Å²) in [5, 5.41) is 5.56. The summed E-state index contributed by atoms with van der Waals surface area (Å²) in [6.07, 6.45) is 0. The number of hydrogen-bond donors (Lipinski definition) is 1. The maximum atomic E-state index is 6.47. The SMILES string of the molecule is COC[C@@H]1NCCN(c2ccc(Cl)cc2Cl)[C@H]1c1ccc(Cl)cc1. The number of anilines is 1. The summed E-state index contributed by atoms with van der Waals surface area (Å²) < 4.78 is 5.42. The molecule has 0 spiro atoms. The molecule has 6 heteroatoms. The molecule has 1 aliphatic rings. The highest BCUT2D eigenvalue weighted by molar-refractivity contribution is 6.36. The summed E-state index contributed by atoms with van der Waals surface area (Å²) in [5.41, 5.74) is 2.14. The summed E-state index contributed by atoms with van der Waals surface area (Å²) in [4.78, 5) is 2.31. The van der Waals surface area contributed by atoms with E-state index in [1.807, 2.05) is 24.3 Å². The van der Waals surface area contributed by atoms with Crippen LogP contribution in [0.4, 0.5) is 5.69 Å². The van der Waals surface area contributed by atoms with Gasteiger partial charge in [-0.05, 0) is 35.9 Å². The second-order valence-corrected chi connectivity index (χ2v) is 7.08. The van der Waals surface area contributed by atoms with Gasteiger partial charge >= 0.3 is 0 Å². The third-order valence-corrected chi connectivity index (χ3v) is 5.04. The highest BCUT2D eigenvalue weighted by atomic mass is 35.5. The van der Waals surface area contributed by atoms with Crippen molar-refractivity contribution in [1.29, 1.82) is 0 Å². The predicted octanol–water partition coefficient (Wildman–Crippen LogP) is 4.81. The van der Waals surface area contributed by atoms with Crippen LogP contribution in [0.5, 0.6) is 0 Å². The summed E-state index contributed by atoms with van der Waals surface area (Å²) >= 11 is 18.6. The van der Waals surface area contributed by atoms with Crippen LogP contribution in [-0.2, 0) is 4.74 Å². The predicted molar refractivity (Wildman–Crippen MR) is 102 cm³/mol. The highest BCUT2D eigenvalue weighted by Gasteiger charge is 2.33. The van der Waals surface area contributed by atoms with E-state index in [0.717, 1.165) is 23.8 Å². The van der Waals surface area contributed by atoms with Gasteiger partial charge in [0.05, 0.1) is 29.4 Å². The molecule has 3 nitrogen and oxygen atoms in total. The molecular formula is C18H19Cl3N2O. The smallest absolute Gasteiger partial charge is 0.0719 e. The van der Waals surface area contributed by atoms with Crippen LogP contribution >= 0.6 is 34.8 Å². The first-order valence-corrected chi connectivity index (χ1v) is 8.93. The Morgan fingerprint density at radius 1 is 1.08 bits per heavy atom. The number of ether oxygens (including phenoxy) is 1. The van der Waals surface area contributed by atoms with Crippen LogP contribution in [0.2, 0.25) is 15.1 Å². The normalized spacial score (nSPS) is 21.1. The molecule has 128 valence electrons. The number of halogens is 3. The average Bonchev–Trinajstić information content (AvgIpc) is 2.56. The van der Waals surface area contributed by atoms with E-state index in [2.05, 4.69) is 22.3 Å². The van der Waals surface area contributed by atoms with Crippen molar-refractivity contribution in [3.63, 3.8) is 0 Å². The molecule has 0 unspecified atom stereocenters. The van der Waals surface area contributed by atoms with Gasteiger partial charge in [-0.1, -0.05) is 46.9 Å². The minimum atomic E-state index is 0.0923. The quantitative estimate of drug-likeness (QED) is 0.817. The molecule has 0 aromatic heterocycles. The summed E-state index contributed by atoms with van der Waals surface area (Å²) in [6, 6.07) is 13.8. The van der Waals surface area contributed by atoms with Gasteiger partial charge in [-0.2, -0.15) is 0 Å². The van der Waals surface area contributed by atoms with Crippen LogP contribution in [0.25, 0.3) is 0 Å². The molecule has 1 aliphatic heterocycles. The summed E-state index contributed by atoms with van der Waals surface area (Å²) in [5.74, 6) is 0. The fourth-order valence-electron chi connectivity index (χ4n) is 3.22. The Hall–Kier alpha value is -0.970. The summed E-state index contributed by atoms with van der Waals surface area (Å²) in [7, 11) is 1.72. The second kappa shape index (κ2) is 7.94. The van der Waals surface area contributed by atoms with Crippen LogP contribution in [0, 0.1) is 0 Å². The number of benzene rings is 2. The Labute approximate surface area is 157 Å². The number of rotatable bonds is 4. The number of piperazine rings is 1. The van der Waals surface area contributed by atoms with Crippen molar-refractivity contribution in [1.82, 2.24) is 5.32 Å². The molecule has 0 radical (unpaired) electrons. The lowest BCUT2D eigenvalue weighted by Gasteiger charge is -2.44. The molecule has 1 saturated heterocycles. The van der Waals surface area contributed by atoms with Crippen LogP contribution in [0.15, 0.2) is 42.5 Å². The molecule has 1 fully saturated rings. The number of nitrogens with zero attached hydrogens (tertiary/aromatic N) is 1. The third-order valence-electron chi connectivity index (χ3n) is 4.25. The molecule has 2 aromatic carbocycles. The second-order valence-electron chi connectivity index (χ2n) is 5.80. The largest absolute Gasteiger partial charge is 0.383 e. The van der Waals surface area contributed by atoms with Crippen molar-refractivity contribution < 1.29 is 4.74 Å². The van der Waals surface area contributed by atoms with E-state index in [9.17, 15) is 0 Å². The first kappa shape index (κ1) is 17.8. The van der Waals surface area contributed by atoms with Crippen LogP contribution in [0.3, 0.4) is 0 Å². The number of hydrogen-bond acceptors (Lipinski definition) is 3. The molecular weight excluding hydrogens is 367 g/mol. The third kappa shape index (κ3) is 3.81. The van der Waals surface area contributed by atoms with Crippen molar-refractivity contribution in [2.45, 2.75) is 12.1 Å². The number of methoxy groups -OCH3 is 1. The lowest BCUT2D eigenvalue weighted by molar-refractivity contribution is 0.146. The molecule has 2 aromatic rings. The van der Waals surface area contributed by atoms with Crippen molar-refractivity contribution in [2.75, 3.05) is 31.7 Å². The standard InChI is InChI=1S/C18H19Cl3N2O/c1-24-11-16-18(12-2-4-13(19)5-3-12)23(9-8-22-16)17-7-6-14(20)10-15(17)21/h2-7,10,16,18,22H,8-9,11H2,1H3/t16-,18-/m0/s1. The number of nitrogens with one attached hydrogen (secondary N) is 1. The summed E-state index contributed by atoms with van der Waals surface area (Å²) in [6.45, 7) is 2.31. The molecule has 0 saturated carbocycles. The van der Waals surface area contributed by atoms with Gasteiger partial charge in [-0.25, -0.2) is 0 Å². The Morgan fingerprint density at radius 2 is 1.79 bits per heavy atom. The van der Waals surface area contributed by atoms with Gasteiger partial charge in [0.25, 0.3) is 0 Å². The van der Waals surface area contributed by atoms with Gasteiger partial charge in [0, 0.05) is 30.2 Å². The lowest BCUT2D eigenvalue weighted by Crippen LogP contribution is -2.54. The zero-order chi connectivity index (χ0) is 17.1. The molecule has 1 N–H and O–H groups in total. The van der Waals surface area contributed by atoms with E-state index >= 15 is 0 Å². The monoisotopic (exact) mass is 384 g/mol. The van der Waals surface area contributed by atoms with Crippen LogP contribution in [0.1, 0.15) is 11.6 Å². The first-order valence-electron chi connectivity index (χ1n) is 7.79. The van der Waals surface area contributed by atoms with E-state index in [1.54, 1.807) is 13.2 Å². The molecule has 2 atom stereocenters. The minimum absolute atomic E-state index is 0.0923. The maximum absolute atomic E-state index is 6.47. The van der Waals surface area contributed by atoms with Gasteiger partial charge in [-0.15, -0.1) is 0 Å². The Kier molecular flexibility index (Phi) is 5.90. The van der Waals surface area contributed by atoms with E-state index < -0.39 is 0 Å². The maximum Gasteiger partial charge on any atom is 0.0719 e. The van der Waals surface area contributed by atoms with E-state index in [1.165, 1.54) is 5.56 Å². The fourth-order valence-corrected chi connectivity index (χ4v) is 3.87. The van der Waals surface area contributed by atoms with E-state index in [4.69, 9.17) is 39.5 Å². The van der Waals surface area contributed by atoms with Gasteiger partial charge in [-0.3, -0.25) is 0 Å². The Balaban J connectivity index is 2.02. The Morgan fingerprint density at radius 3 is 2.46 bits per heavy atom. The van der Waals surface area contributed by atoms with Crippen molar-refractivity contribution >= 4 is 40.5 Å². The molecule has 0 amide bonds. The van der Waals surface area contributed by atoms with E-state index in [-0.39, 0.29) is 12.1 Å². The van der Waals surface area contributed by atoms with E-state index in [0.29, 0.717) is 16.7 Å². The zero-order valence-corrected chi connectivity index (χ0v) is 15.6. The van der Waals surface area contributed by atoms with Crippen molar-refractivity contribution in [3.8, 4) is 0 Å².